The first-order valence-corrected chi connectivity index (χ1v) is 8.25. The smallest absolute Gasteiger partial charge is 0.278 e. The Balaban J connectivity index is 1.54. The van der Waals surface area contributed by atoms with E-state index in [1.807, 2.05) is 59.3 Å². The van der Waals surface area contributed by atoms with Crippen LogP contribution in [0.1, 0.15) is 15.9 Å². The molecule has 4 rings (SSSR count). The van der Waals surface area contributed by atoms with Gasteiger partial charge in [-0.3, -0.25) is 10.1 Å². The molecule has 2 aromatic carbocycles. The van der Waals surface area contributed by atoms with Crippen LogP contribution in [-0.4, -0.2) is 12.3 Å². The molecule has 3 heteroatoms. The first-order chi connectivity index (χ1) is 11.8. The van der Waals surface area contributed by atoms with E-state index in [0.29, 0.717) is 6.54 Å². The van der Waals surface area contributed by atoms with Crippen molar-refractivity contribution in [1.82, 2.24) is 0 Å². The maximum absolute atomic E-state index is 12.6. The lowest BCUT2D eigenvalue weighted by Crippen LogP contribution is -2.40. The Morgan fingerprint density at radius 1 is 0.917 bits per heavy atom. The SMILES string of the molecule is O=C(C[n+]1cccc2c1NCC2)c1ccc(-c2ccccc2)cc1. The van der Waals surface area contributed by atoms with Crippen molar-refractivity contribution in [3.8, 4) is 11.1 Å². The Labute approximate surface area is 141 Å². The summed E-state index contributed by atoms with van der Waals surface area (Å²) in [7, 11) is 0. The molecule has 0 amide bonds. The third-order valence-corrected chi connectivity index (χ3v) is 4.47. The van der Waals surface area contributed by atoms with Gasteiger partial charge in [0.15, 0.2) is 6.54 Å². The van der Waals surface area contributed by atoms with Crippen LogP contribution in [0.15, 0.2) is 72.9 Å². The fourth-order valence-electron chi connectivity index (χ4n) is 3.19. The summed E-state index contributed by atoms with van der Waals surface area (Å²) < 4.78 is 2.01. The molecule has 0 spiro atoms. The maximum Gasteiger partial charge on any atom is 0.278 e. The Morgan fingerprint density at radius 3 is 2.46 bits per heavy atom. The summed E-state index contributed by atoms with van der Waals surface area (Å²) >= 11 is 0. The van der Waals surface area contributed by atoms with Gasteiger partial charge in [0.25, 0.3) is 5.82 Å². The van der Waals surface area contributed by atoms with Crippen molar-refractivity contribution in [2.75, 3.05) is 11.9 Å². The number of rotatable bonds is 4. The molecule has 0 atom stereocenters. The molecule has 0 bridgehead atoms. The fraction of sp³-hybridized carbons (Fsp3) is 0.143. The van der Waals surface area contributed by atoms with Gasteiger partial charge < -0.3 is 0 Å². The van der Waals surface area contributed by atoms with Crippen LogP contribution < -0.4 is 9.88 Å². The van der Waals surface area contributed by atoms with E-state index in [1.165, 1.54) is 5.56 Å². The van der Waals surface area contributed by atoms with Crippen molar-refractivity contribution >= 4 is 11.6 Å². The van der Waals surface area contributed by atoms with Gasteiger partial charge in [0, 0.05) is 17.5 Å². The Bertz CT molecular complexity index is 870. The summed E-state index contributed by atoms with van der Waals surface area (Å²) in [6, 6.07) is 22.2. The van der Waals surface area contributed by atoms with Gasteiger partial charge in [0.1, 0.15) is 0 Å². The quantitative estimate of drug-likeness (QED) is 0.590. The Morgan fingerprint density at radius 2 is 1.67 bits per heavy atom. The third-order valence-electron chi connectivity index (χ3n) is 4.47. The molecule has 1 N–H and O–H groups in total. The average Bonchev–Trinajstić information content (AvgIpc) is 3.12. The molecule has 0 radical (unpaired) electrons. The van der Waals surface area contributed by atoms with Crippen molar-refractivity contribution in [3.63, 3.8) is 0 Å². The van der Waals surface area contributed by atoms with Crippen LogP contribution in [-0.2, 0) is 13.0 Å². The van der Waals surface area contributed by atoms with Gasteiger partial charge in [0.2, 0.25) is 5.78 Å². The number of carbonyl (C=O) groups is 1. The third kappa shape index (κ3) is 2.81. The zero-order chi connectivity index (χ0) is 16.4. The highest BCUT2D eigenvalue weighted by Gasteiger charge is 2.22. The fourth-order valence-corrected chi connectivity index (χ4v) is 3.19. The standard InChI is InChI=1S/C21H18N2O/c24-20(15-23-14-4-7-19-12-13-22-21(19)23)18-10-8-17(9-11-18)16-5-2-1-3-6-16/h1-11,14H,12-13,15H2/p+1. The molecule has 2 heterocycles. The monoisotopic (exact) mass is 315 g/mol. The first kappa shape index (κ1) is 14.6. The highest BCUT2D eigenvalue weighted by Crippen LogP contribution is 2.20. The normalized spacial score (nSPS) is 12.5. The maximum atomic E-state index is 12.6. The largest absolute Gasteiger partial charge is 0.290 e. The lowest BCUT2D eigenvalue weighted by atomic mass is 10.0. The second-order valence-corrected chi connectivity index (χ2v) is 6.05. The molecule has 1 aromatic heterocycles. The van der Waals surface area contributed by atoms with Gasteiger partial charge in [-0.1, -0.05) is 54.6 Å². The topological polar surface area (TPSA) is 33.0 Å². The average molecular weight is 315 g/mol. The predicted octanol–water partition coefficient (Wildman–Crippen LogP) is 3.49. The highest BCUT2D eigenvalue weighted by atomic mass is 16.1. The van der Waals surface area contributed by atoms with Gasteiger partial charge in [0.05, 0.1) is 12.7 Å². The number of ketones is 1. The molecular weight excluding hydrogens is 296 g/mol. The van der Waals surface area contributed by atoms with Crippen LogP contribution in [0.2, 0.25) is 0 Å². The van der Waals surface area contributed by atoms with Crippen LogP contribution in [0, 0.1) is 0 Å². The number of aromatic nitrogens is 1. The number of nitrogens with zero attached hydrogens (tertiary/aromatic N) is 1. The second-order valence-electron chi connectivity index (χ2n) is 6.05. The van der Waals surface area contributed by atoms with E-state index in [4.69, 9.17) is 0 Å². The molecule has 0 unspecified atom stereocenters. The summed E-state index contributed by atoms with van der Waals surface area (Å²) in [5.74, 6) is 1.20. The lowest BCUT2D eigenvalue weighted by molar-refractivity contribution is -0.669. The van der Waals surface area contributed by atoms with Crippen molar-refractivity contribution in [1.29, 1.82) is 0 Å². The summed E-state index contributed by atoms with van der Waals surface area (Å²) in [4.78, 5) is 12.6. The van der Waals surface area contributed by atoms with E-state index in [0.717, 1.165) is 35.5 Å². The van der Waals surface area contributed by atoms with Crippen LogP contribution in [0.25, 0.3) is 11.1 Å². The molecule has 1 aliphatic heterocycles. The molecule has 1 aliphatic rings. The van der Waals surface area contributed by atoms with Gasteiger partial charge in [-0.25, -0.2) is 4.57 Å². The number of benzene rings is 2. The van der Waals surface area contributed by atoms with E-state index in [2.05, 4.69) is 23.5 Å². The first-order valence-electron chi connectivity index (χ1n) is 8.25. The van der Waals surface area contributed by atoms with E-state index in [1.54, 1.807) is 0 Å². The lowest BCUT2D eigenvalue weighted by Gasteiger charge is -2.06. The minimum absolute atomic E-state index is 0.127. The number of carbonyl (C=O) groups excluding carboxylic acids is 1. The number of anilines is 1. The number of pyridine rings is 1. The number of hydrogen-bond acceptors (Lipinski definition) is 2. The molecular formula is C21H19N2O+. The molecule has 118 valence electrons. The Kier molecular flexibility index (Phi) is 3.83. The molecule has 0 saturated carbocycles. The molecule has 3 aromatic rings. The van der Waals surface area contributed by atoms with Crippen LogP contribution in [0.5, 0.6) is 0 Å². The van der Waals surface area contributed by atoms with Gasteiger partial charge in [-0.15, -0.1) is 0 Å². The number of fused-ring (bicyclic) bond motifs is 1. The summed E-state index contributed by atoms with van der Waals surface area (Å²) in [5.41, 5.74) is 4.32. The Hall–Kier alpha value is -2.94. The molecule has 0 saturated heterocycles. The van der Waals surface area contributed by atoms with E-state index in [9.17, 15) is 4.79 Å². The second kappa shape index (κ2) is 6.28. The van der Waals surface area contributed by atoms with Crippen LogP contribution in [0.3, 0.4) is 0 Å². The van der Waals surface area contributed by atoms with E-state index >= 15 is 0 Å². The molecule has 24 heavy (non-hydrogen) atoms. The number of hydrogen-bond donors (Lipinski definition) is 1. The van der Waals surface area contributed by atoms with Crippen molar-refractivity contribution < 1.29 is 9.36 Å². The van der Waals surface area contributed by atoms with Gasteiger partial charge in [-0.2, -0.15) is 0 Å². The van der Waals surface area contributed by atoms with Gasteiger partial charge >= 0.3 is 0 Å². The summed E-state index contributed by atoms with van der Waals surface area (Å²) in [6.07, 6.45) is 2.99. The molecule has 0 aliphatic carbocycles. The molecule has 3 nitrogen and oxygen atoms in total. The summed E-state index contributed by atoms with van der Waals surface area (Å²) in [6.45, 7) is 1.31. The number of Topliss-reactive ketones (excluding diaryl/α,β-unsaturated/α-hetero) is 1. The minimum Gasteiger partial charge on any atom is -0.290 e. The highest BCUT2D eigenvalue weighted by molar-refractivity contribution is 5.95. The van der Waals surface area contributed by atoms with Crippen molar-refractivity contribution in [2.24, 2.45) is 0 Å². The van der Waals surface area contributed by atoms with Crippen molar-refractivity contribution in [2.45, 2.75) is 13.0 Å². The van der Waals surface area contributed by atoms with E-state index < -0.39 is 0 Å². The molecule has 0 fully saturated rings. The summed E-state index contributed by atoms with van der Waals surface area (Å²) in [5, 5.41) is 3.37. The zero-order valence-corrected chi connectivity index (χ0v) is 13.4. The van der Waals surface area contributed by atoms with Crippen molar-refractivity contribution in [3.05, 3.63) is 84.1 Å². The van der Waals surface area contributed by atoms with Crippen LogP contribution >= 0.6 is 0 Å². The minimum atomic E-state index is 0.127. The zero-order valence-electron chi connectivity index (χ0n) is 13.4. The predicted molar refractivity (Wildman–Crippen MR) is 95.0 cm³/mol. The number of nitrogens with one attached hydrogen (secondary N) is 1. The van der Waals surface area contributed by atoms with Gasteiger partial charge in [-0.05, 0) is 23.3 Å². The van der Waals surface area contributed by atoms with Crippen LogP contribution in [0.4, 0.5) is 5.82 Å². The van der Waals surface area contributed by atoms with E-state index in [-0.39, 0.29) is 5.78 Å².